The van der Waals surface area contributed by atoms with E-state index in [0.717, 1.165) is 26.4 Å². The molecule has 0 radical (unpaired) electrons. The third-order valence-electron chi connectivity index (χ3n) is 4.68. The topological polar surface area (TPSA) is 50.7 Å². The van der Waals surface area contributed by atoms with Crippen molar-refractivity contribution in [3.8, 4) is 5.75 Å². The number of halogens is 2. The van der Waals surface area contributed by atoms with Crippen LogP contribution in [0.4, 0.5) is 4.39 Å². The van der Waals surface area contributed by atoms with E-state index in [1.165, 1.54) is 12.1 Å². The van der Waals surface area contributed by atoms with Crippen molar-refractivity contribution in [1.82, 2.24) is 5.43 Å². The van der Waals surface area contributed by atoms with Gasteiger partial charge in [-0.1, -0.05) is 64.5 Å². The number of nitrogens with zero attached hydrogens (tertiary/aromatic N) is 1. The molecule has 6 heteroatoms. The molecular weight excluding hydrogens is 459 g/mol. The van der Waals surface area contributed by atoms with Crippen LogP contribution in [0.15, 0.2) is 94.5 Å². The number of ether oxygens (including phenoxy) is 1. The summed E-state index contributed by atoms with van der Waals surface area (Å²) < 4.78 is 20.0. The number of hydrazone groups is 1. The van der Waals surface area contributed by atoms with E-state index in [-0.39, 0.29) is 18.3 Å². The summed E-state index contributed by atoms with van der Waals surface area (Å²) in [5.41, 5.74) is 4.65. The second-order valence-electron chi connectivity index (χ2n) is 6.82. The first kappa shape index (κ1) is 20.8. The number of rotatable bonds is 6. The summed E-state index contributed by atoms with van der Waals surface area (Å²) in [7, 11) is 0. The van der Waals surface area contributed by atoms with Crippen LogP contribution in [0, 0.1) is 5.82 Å². The number of nitrogens with one attached hydrogen (secondary N) is 1. The number of amides is 1. The molecule has 4 nitrogen and oxygen atoms in total. The SMILES string of the molecule is O=C(N/N=C/c1c(OCc2ccc(F)cc2)ccc2ccccc12)c1cccc(Br)c1. The minimum atomic E-state index is -0.313. The summed E-state index contributed by atoms with van der Waals surface area (Å²) in [6, 6.07) is 24.9. The Labute approximate surface area is 187 Å². The molecule has 0 aliphatic heterocycles. The van der Waals surface area contributed by atoms with Crippen molar-refractivity contribution in [2.75, 3.05) is 0 Å². The van der Waals surface area contributed by atoms with E-state index in [1.807, 2.05) is 42.5 Å². The first-order valence-corrected chi connectivity index (χ1v) is 10.4. The van der Waals surface area contributed by atoms with Gasteiger partial charge in [-0.3, -0.25) is 4.79 Å². The lowest BCUT2D eigenvalue weighted by Gasteiger charge is -2.12. The summed E-state index contributed by atoms with van der Waals surface area (Å²) >= 11 is 3.36. The fraction of sp³-hybridized carbons (Fsp3) is 0.0400. The first-order chi connectivity index (χ1) is 15.1. The zero-order chi connectivity index (χ0) is 21.6. The van der Waals surface area contributed by atoms with Crippen LogP contribution in [0.1, 0.15) is 21.5 Å². The van der Waals surface area contributed by atoms with Crippen molar-refractivity contribution in [3.63, 3.8) is 0 Å². The Kier molecular flexibility index (Phi) is 6.38. The van der Waals surface area contributed by atoms with E-state index in [9.17, 15) is 9.18 Å². The average molecular weight is 477 g/mol. The van der Waals surface area contributed by atoms with Gasteiger partial charge in [-0.05, 0) is 52.7 Å². The molecule has 0 fully saturated rings. The summed E-state index contributed by atoms with van der Waals surface area (Å²) in [4.78, 5) is 12.4. The lowest BCUT2D eigenvalue weighted by molar-refractivity contribution is 0.0955. The second kappa shape index (κ2) is 9.53. The van der Waals surface area contributed by atoms with Gasteiger partial charge in [0.15, 0.2) is 0 Å². The van der Waals surface area contributed by atoms with E-state index < -0.39 is 0 Å². The Hall–Kier alpha value is -3.51. The molecule has 4 aromatic rings. The molecule has 154 valence electrons. The molecule has 0 unspecified atom stereocenters. The largest absolute Gasteiger partial charge is 0.488 e. The highest BCUT2D eigenvalue weighted by Gasteiger charge is 2.09. The van der Waals surface area contributed by atoms with Gasteiger partial charge in [0.2, 0.25) is 0 Å². The highest BCUT2D eigenvalue weighted by molar-refractivity contribution is 9.10. The highest BCUT2D eigenvalue weighted by atomic mass is 79.9. The molecular formula is C25H18BrFN2O2. The molecule has 0 heterocycles. The van der Waals surface area contributed by atoms with Crippen LogP contribution in [0.25, 0.3) is 10.8 Å². The Morgan fingerprint density at radius 3 is 2.61 bits per heavy atom. The van der Waals surface area contributed by atoms with Crippen LogP contribution in [-0.2, 0) is 6.61 Å². The Morgan fingerprint density at radius 2 is 1.81 bits per heavy atom. The molecule has 4 aromatic carbocycles. The van der Waals surface area contributed by atoms with Gasteiger partial charge < -0.3 is 4.74 Å². The molecule has 1 N–H and O–H groups in total. The van der Waals surface area contributed by atoms with Gasteiger partial charge in [0.05, 0.1) is 6.21 Å². The molecule has 0 aliphatic rings. The van der Waals surface area contributed by atoms with Crippen molar-refractivity contribution in [1.29, 1.82) is 0 Å². The van der Waals surface area contributed by atoms with Gasteiger partial charge in [-0.25, -0.2) is 9.82 Å². The van der Waals surface area contributed by atoms with E-state index in [4.69, 9.17) is 4.74 Å². The van der Waals surface area contributed by atoms with E-state index >= 15 is 0 Å². The number of hydrogen-bond acceptors (Lipinski definition) is 3. The summed E-state index contributed by atoms with van der Waals surface area (Å²) in [6.45, 7) is 0.282. The standard InChI is InChI=1S/C25H18BrFN2O2/c26-20-6-3-5-19(14-20)25(30)29-28-15-23-22-7-2-1-4-18(22)10-13-24(23)31-16-17-8-11-21(27)12-9-17/h1-15H,16H2,(H,29,30)/b28-15+. The molecule has 0 aromatic heterocycles. The van der Waals surface area contributed by atoms with Gasteiger partial charge in [-0.15, -0.1) is 0 Å². The summed E-state index contributed by atoms with van der Waals surface area (Å²) in [5.74, 6) is 0.0125. The predicted octanol–water partition coefficient (Wildman–Crippen LogP) is 6.08. The van der Waals surface area contributed by atoms with Crippen LogP contribution in [0.3, 0.4) is 0 Å². The molecule has 0 spiro atoms. The predicted molar refractivity (Wildman–Crippen MR) is 124 cm³/mol. The minimum absolute atomic E-state index is 0.282. The fourth-order valence-corrected chi connectivity index (χ4v) is 3.53. The molecule has 1 amide bonds. The number of carbonyl (C=O) groups excluding carboxylic acids is 1. The molecule has 0 bridgehead atoms. The Bertz CT molecular complexity index is 1260. The molecule has 0 atom stereocenters. The average Bonchev–Trinajstić information content (AvgIpc) is 2.79. The maximum absolute atomic E-state index is 13.1. The monoisotopic (exact) mass is 476 g/mol. The van der Waals surface area contributed by atoms with Crippen LogP contribution in [-0.4, -0.2) is 12.1 Å². The van der Waals surface area contributed by atoms with Crippen molar-refractivity contribution in [3.05, 3.63) is 112 Å². The van der Waals surface area contributed by atoms with E-state index in [1.54, 1.807) is 36.5 Å². The van der Waals surface area contributed by atoms with Gasteiger partial charge >= 0.3 is 0 Å². The molecule has 0 saturated heterocycles. The van der Waals surface area contributed by atoms with Gasteiger partial charge in [0.1, 0.15) is 18.2 Å². The molecule has 4 rings (SSSR count). The molecule has 0 aliphatic carbocycles. The van der Waals surface area contributed by atoms with Crippen molar-refractivity contribution in [2.45, 2.75) is 6.61 Å². The third kappa shape index (κ3) is 5.16. The zero-order valence-electron chi connectivity index (χ0n) is 16.4. The van der Waals surface area contributed by atoms with Crippen molar-refractivity contribution >= 4 is 38.8 Å². The van der Waals surface area contributed by atoms with Crippen molar-refractivity contribution in [2.24, 2.45) is 5.10 Å². The maximum Gasteiger partial charge on any atom is 0.271 e. The third-order valence-corrected chi connectivity index (χ3v) is 5.18. The van der Waals surface area contributed by atoms with Crippen LogP contribution in [0.5, 0.6) is 5.75 Å². The zero-order valence-corrected chi connectivity index (χ0v) is 18.0. The Balaban J connectivity index is 1.58. The molecule has 0 saturated carbocycles. The molecule has 31 heavy (non-hydrogen) atoms. The summed E-state index contributed by atoms with van der Waals surface area (Å²) in [6.07, 6.45) is 1.58. The smallest absolute Gasteiger partial charge is 0.271 e. The Morgan fingerprint density at radius 1 is 1.00 bits per heavy atom. The van der Waals surface area contributed by atoms with Crippen LogP contribution < -0.4 is 10.2 Å². The lowest BCUT2D eigenvalue weighted by atomic mass is 10.0. The fourth-order valence-electron chi connectivity index (χ4n) is 3.13. The van der Waals surface area contributed by atoms with Crippen molar-refractivity contribution < 1.29 is 13.9 Å². The summed E-state index contributed by atoms with van der Waals surface area (Å²) in [5, 5.41) is 6.12. The normalized spacial score (nSPS) is 11.0. The number of benzene rings is 4. The van der Waals surface area contributed by atoms with Crippen LogP contribution >= 0.6 is 15.9 Å². The number of hydrogen-bond donors (Lipinski definition) is 1. The van der Waals surface area contributed by atoms with Gasteiger partial charge in [0.25, 0.3) is 5.91 Å². The van der Waals surface area contributed by atoms with E-state index in [2.05, 4.69) is 26.5 Å². The maximum atomic E-state index is 13.1. The number of fused-ring (bicyclic) bond motifs is 1. The van der Waals surface area contributed by atoms with E-state index in [0.29, 0.717) is 11.3 Å². The highest BCUT2D eigenvalue weighted by Crippen LogP contribution is 2.27. The second-order valence-corrected chi connectivity index (χ2v) is 7.74. The number of carbonyl (C=O) groups is 1. The first-order valence-electron chi connectivity index (χ1n) is 9.58. The van der Waals surface area contributed by atoms with Crippen LogP contribution in [0.2, 0.25) is 0 Å². The lowest BCUT2D eigenvalue weighted by Crippen LogP contribution is -2.17. The minimum Gasteiger partial charge on any atom is -0.488 e. The quantitative estimate of drug-likeness (QED) is 0.270. The van der Waals surface area contributed by atoms with Gasteiger partial charge in [0, 0.05) is 15.6 Å². The van der Waals surface area contributed by atoms with Gasteiger partial charge in [-0.2, -0.15) is 5.10 Å².